The third-order valence-corrected chi connectivity index (χ3v) is 2.96. The first kappa shape index (κ1) is 14.6. The molecular weight excluding hydrogens is 268 g/mol. The lowest BCUT2D eigenvalue weighted by atomic mass is 10.2. The van der Waals surface area contributed by atoms with Gasteiger partial charge in [-0.25, -0.2) is 0 Å². The van der Waals surface area contributed by atoms with Crippen LogP contribution in [-0.2, 0) is 9.59 Å². The van der Waals surface area contributed by atoms with Crippen LogP contribution in [0.2, 0.25) is 0 Å². The highest BCUT2D eigenvalue weighted by molar-refractivity contribution is 6.44. The Kier molecular flexibility index (Phi) is 4.56. The Morgan fingerprint density at radius 1 is 1.05 bits per heavy atom. The molecule has 0 aliphatic carbocycles. The van der Waals surface area contributed by atoms with Crippen LogP contribution in [0.4, 0.5) is 11.4 Å². The van der Waals surface area contributed by atoms with Crippen molar-refractivity contribution in [1.29, 1.82) is 0 Å². The van der Waals surface area contributed by atoms with E-state index in [-0.39, 0.29) is 12.3 Å². The summed E-state index contributed by atoms with van der Waals surface area (Å²) in [6.07, 6.45) is 0. The number of aromatic hydroxyl groups is 1. The number of hydrogen-bond donors (Lipinski definition) is 2. The van der Waals surface area contributed by atoms with Crippen LogP contribution in [0, 0.1) is 0 Å². The molecule has 0 saturated carbocycles. The molecule has 0 atom stereocenters. The van der Waals surface area contributed by atoms with Crippen LogP contribution < -0.4 is 10.2 Å². The van der Waals surface area contributed by atoms with E-state index in [9.17, 15) is 14.7 Å². The van der Waals surface area contributed by atoms with Crippen LogP contribution in [0.25, 0.3) is 0 Å². The van der Waals surface area contributed by atoms with Gasteiger partial charge in [0.15, 0.2) is 0 Å². The normalized spacial score (nSPS) is 9.95. The molecule has 0 radical (unpaired) electrons. The average Bonchev–Trinajstić information content (AvgIpc) is 2.50. The summed E-state index contributed by atoms with van der Waals surface area (Å²) in [6, 6.07) is 15.1. The zero-order valence-electron chi connectivity index (χ0n) is 11.6. The molecular formula is C16H16N2O3. The van der Waals surface area contributed by atoms with Gasteiger partial charge >= 0.3 is 11.8 Å². The molecule has 0 fully saturated rings. The summed E-state index contributed by atoms with van der Waals surface area (Å²) < 4.78 is 0. The number of phenolic OH excluding ortho intramolecular Hbond substituents is 1. The Morgan fingerprint density at radius 2 is 1.67 bits per heavy atom. The zero-order chi connectivity index (χ0) is 15.2. The van der Waals surface area contributed by atoms with Crippen molar-refractivity contribution in [3.63, 3.8) is 0 Å². The van der Waals surface area contributed by atoms with Crippen molar-refractivity contribution in [2.75, 3.05) is 16.8 Å². The molecule has 21 heavy (non-hydrogen) atoms. The van der Waals surface area contributed by atoms with Gasteiger partial charge in [0.25, 0.3) is 0 Å². The largest absolute Gasteiger partial charge is 0.506 e. The van der Waals surface area contributed by atoms with E-state index in [1.807, 2.05) is 6.07 Å². The third-order valence-electron chi connectivity index (χ3n) is 2.96. The molecule has 2 aromatic carbocycles. The van der Waals surface area contributed by atoms with Crippen LogP contribution in [0.3, 0.4) is 0 Å². The minimum atomic E-state index is -0.744. The van der Waals surface area contributed by atoms with Gasteiger partial charge in [0.05, 0.1) is 5.69 Å². The van der Waals surface area contributed by atoms with E-state index in [1.165, 1.54) is 11.0 Å². The monoisotopic (exact) mass is 284 g/mol. The Labute approximate surface area is 122 Å². The van der Waals surface area contributed by atoms with Crippen LogP contribution in [-0.4, -0.2) is 23.5 Å². The summed E-state index contributed by atoms with van der Waals surface area (Å²) in [4.78, 5) is 25.5. The van der Waals surface area contributed by atoms with E-state index in [4.69, 9.17) is 0 Å². The van der Waals surface area contributed by atoms with Gasteiger partial charge in [0.1, 0.15) is 5.75 Å². The minimum Gasteiger partial charge on any atom is -0.506 e. The highest BCUT2D eigenvalue weighted by Gasteiger charge is 2.23. The first-order valence-corrected chi connectivity index (χ1v) is 6.59. The second kappa shape index (κ2) is 6.56. The maximum atomic E-state index is 12.2. The number of amides is 2. The molecule has 2 aromatic rings. The molecule has 0 saturated heterocycles. The van der Waals surface area contributed by atoms with Crippen LogP contribution >= 0.6 is 0 Å². The number of rotatable bonds is 3. The predicted molar refractivity (Wildman–Crippen MR) is 81.2 cm³/mol. The van der Waals surface area contributed by atoms with Crippen LogP contribution in [0.1, 0.15) is 6.92 Å². The molecule has 0 aromatic heterocycles. The summed E-state index contributed by atoms with van der Waals surface area (Å²) in [7, 11) is 0. The summed E-state index contributed by atoms with van der Waals surface area (Å²) in [5, 5.41) is 12.3. The van der Waals surface area contributed by atoms with Crippen molar-refractivity contribution in [2.24, 2.45) is 0 Å². The van der Waals surface area contributed by atoms with Crippen molar-refractivity contribution in [2.45, 2.75) is 6.92 Å². The molecule has 2 amide bonds. The van der Waals surface area contributed by atoms with Crippen molar-refractivity contribution in [1.82, 2.24) is 0 Å². The fraction of sp³-hybridized carbons (Fsp3) is 0.125. The van der Waals surface area contributed by atoms with Crippen LogP contribution in [0.15, 0.2) is 54.6 Å². The van der Waals surface area contributed by atoms with Gasteiger partial charge in [-0.15, -0.1) is 0 Å². The summed E-state index contributed by atoms with van der Waals surface area (Å²) in [5.41, 5.74) is 0.859. The quantitative estimate of drug-likeness (QED) is 0.850. The maximum absolute atomic E-state index is 12.2. The molecule has 5 nitrogen and oxygen atoms in total. The predicted octanol–water partition coefficient (Wildman–Crippen LogP) is 2.38. The molecule has 0 spiro atoms. The number of phenols is 1. The van der Waals surface area contributed by atoms with Crippen molar-refractivity contribution >= 4 is 23.2 Å². The molecule has 2 N–H and O–H groups in total. The Morgan fingerprint density at radius 3 is 2.29 bits per heavy atom. The SMILES string of the molecule is CCN(C(=O)C(=O)Nc1ccccc1)c1ccccc1O. The number of nitrogens with one attached hydrogen (secondary N) is 1. The van der Waals surface area contributed by atoms with E-state index in [0.29, 0.717) is 11.4 Å². The number of nitrogens with zero attached hydrogens (tertiary/aromatic N) is 1. The van der Waals surface area contributed by atoms with Gasteiger partial charge in [-0.2, -0.15) is 0 Å². The lowest BCUT2D eigenvalue weighted by Crippen LogP contribution is -2.39. The highest BCUT2D eigenvalue weighted by atomic mass is 16.3. The van der Waals surface area contributed by atoms with Crippen molar-refractivity contribution in [3.8, 4) is 5.75 Å². The number of hydrogen-bond acceptors (Lipinski definition) is 3. The standard InChI is InChI=1S/C16H16N2O3/c1-2-18(13-10-6-7-11-14(13)19)16(21)15(20)17-12-8-4-3-5-9-12/h3-11,19H,2H2,1H3,(H,17,20). The average molecular weight is 284 g/mol. The topological polar surface area (TPSA) is 69.6 Å². The smallest absolute Gasteiger partial charge is 0.316 e. The van der Waals surface area contributed by atoms with Gasteiger partial charge < -0.3 is 15.3 Å². The molecule has 5 heteroatoms. The minimum absolute atomic E-state index is 0.0415. The second-order valence-electron chi connectivity index (χ2n) is 4.36. The highest BCUT2D eigenvalue weighted by Crippen LogP contribution is 2.26. The number of para-hydroxylation sites is 3. The summed E-state index contributed by atoms with van der Waals surface area (Å²) >= 11 is 0. The lowest BCUT2D eigenvalue weighted by Gasteiger charge is -2.21. The number of benzene rings is 2. The van der Waals surface area contributed by atoms with Crippen LogP contribution in [0.5, 0.6) is 5.75 Å². The van der Waals surface area contributed by atoms with E-state index >= 15 is 0 Å². The molecule has 108 valence electrons. The Balaban J connectivity index is 2.17. The summed E-state index contributed by atoms with van der Waals surface area (Å²) in [5.74, 6) is -1.51. The Bertz CT molecular complexity index is 641. The number of carbonyl (C=O) groups is 2. The zero-order valence-corrected chi connectivity index (χ0v) is 11.6. The van der Waals surface area contributed by atoms with E-state index in [0.717, 1.165) is 0 Å². The molecule has 0 aliphatic rings. The fourth-order valence-corrected chi connectivity index (χ4v) is 1.94. The number of anilines is 2. The molecule has 2 rings (SSSR count). The van der Waals surface area contributed by atoms with E-state index < -0.39 is 11.8 Å². The Hall–Kier alpha value is -2.82. The van der Waals surface area contributed by atoms with Gasteiger partial charge in [-0.05, 0) is 31.2 Å². The first-order chi connectivity index (χ1) is 10.1. The second-order valence-corrected chi connectivity index (χ2v) is 4.36. The van der Waals surface area contributed by atoms with Gasteiger partial charge in [0, 0.05) is 12.2 Å². The lowest BCUT2D eigenvalue weighted by molar-refractivity contribution is -0.134. The molecule has 0 unspecified atom stereocenters. The summed E-state index contributed by atoms with van der Waals surface area (Å²) in [6.45, 7) is 2.01. The third kappa shape index (κ3) is 3.39. The number of likely N-dealkylation sites (N-methyl/N-ethyl adjacent to an activating group) is 1. The maximum Gasteiger partial charge on any atom is 0.316 e. The van der Waals surface area contributed by atoms with Gasteiger partial charge in [0.2, 0.25) is 0 Å². The van der Waals surface area contributed by atoms with Crippen molar-refractivity contribution in [3.05, 3.63) is 54.6 Å². The van der Waals surface area contributed by atoms with E-state index in [2.05, 4.69) is 5.32 Å². The van der Waals surface area contributed by atoms with Gasteiger partial charge in [-0.1, -0.05) is 30.3 Å². The fourth-order valence-electron chi connectivity index (χ4n) is 1.94. The molecule has 0 bridgehead atoms. The first-order valence-electron chi connectivity index (χ1n) is 6.59. The number of carbonyl (C=O) groups excluding carboxylic acids is 2. The van der Waals surface area contributed by atoms with Crippen molar-refractivity contribution < 1.29 is 14.7 Å². The van der Waals surface area contributed by atoms with E-state index in [1.54, 1.807) is 49.4 Å². The van der Waals surface area contributed by atoms with Gasteiger partial charge in [-0.3, -0.25) is 9.59 Å². The molecule has 0 heterocycles. The molecule has 0 aliphatic heterocycles.